The minimum Gasteiger partial charge on any atom is -0.363 e. The molecule has 2 aliphatic rings. The van der Waals surface area contributed by atoms with Gasteiger partial charge in [0.25, 0.3) is 0 Å². The number of amides is 1. The molecule has 2 aromatic rings. The number of piperidine rings is 1. The van der Waals surface area contributed by atoms with E-state index in [-0.39, 0.29) is 18.1 Å². The largest absolute Gasteiger partial charge is 0.363 e. The van der Waals surface area contributed by atoms with Crippen LogP contribution in [0.1, 0.15) is 18.4 Å². The van der Waals surface area contributed by atoms with Gasteiger partial charge in [-0.25, -0.2) is 4.98 Å². The van der Waals surface area contributed by atoms with E-state index in [0.717, 1.165) is 38.2 Å². The molecule has 1 aromatic carbocycles. The van der Waals surface area contributed by atoms with Gasteiger partial charge in [-0.3, -0.25) is 9.69 Å². The van der Waals surface area contributed by atoms with E-state index in [0.29, 0.717) is 6.54 Å². The first-order valence-electron chi connectivity index (χ1n) is 8.43. The highest BCUT2D eigenvalue weighted by molar-refractivity contribution is 5.78. The van der Waals surface area contributed by atoms with Crippen LogP contribution in [-0.4, -0.2) is 52.2 Å². The molecule has 0 saturated carbocycles. The van der Waals surface area contributed by atoms with Gasteiger partial charge in [0.15, 0.2) is 0 Å². The number of carbonyl (C=O) groups excluding carboxylic acids is 1. The third kappa shape index (κ3) is 3.20. The smallest absolute Gasteiger partial charge is 0.246 e. The molecular formula is C18H22N4O2. The number of carbonyl (C=O) groups is 1. The van der Waals surface area contributed by atoms with Crippen molar-refractivity contribution in [2.45, 2.75) is 25.0 Å². The van der Waals surface area contributed by atoms with E-state index in [4.69, 9.17) is 4.74 Å². The van der Waals surface area contributed by atoms with Gasteiger partial charge in [-0.2, -0.15) is 0 Å². The molecule has 0 unspecified atom stereocenters. The summed E-state index contributed by atoms with van der Waals surface area (Å²) >= 11 is 0. The summed E-state index contributed by atoms with van der Waals surface area (Å²) in [5, 5.41) is 2.94. The lowest BCUT2D eigenvalue weighted by molar-refractivity contribution is -0.150. The average molecular weight is 326 g/mol. The molecule has 1 aromatic heterocycles. The first-order chi connectivity index (χ1) is 11.7. The van der Waals surface area contributed by atoms with Gasteiger partial charge in [-0.1, -0.05) is 12.1 Å². The van der Waals surface area contributed by atoms with E-state index >= 15 is 0 Å². The number of imidazole rings is 1. The van der Waals surface area contributed by atoms with Gasteiger partial charge in [0.05, 0.1) is 11.9 Å². The molecule has 24 heavy (non-hydrogen) atoms. The number of likely N-dealkylation sites (tertiary alicyclic amines) is 1. The van der Waals surface area contributed by atoms with Crippen molar-refractivity contribution in [1.29, 1.82) is 0 Å². The lowest BCUT2D eigenvalue weighted by atomic mass is 9.90. The third-order valence-electron chi connectivity index (χ3n) is 5.03. The van der Waals surface area contributed by atoms with Crippen LogP contribution in [0.4, 0.5) is 0 Å². The fourth-order valence-electron chi connectivity index (χ4n) is 3.46. The topological polar surface area (TPSA) is 59.4 Å². The summed E-state index contributed by atoms with van der Waals surface area (Å²) in [5.74, 6) is 0.000960. The molecular weight excluding hydrogens is 304 g/mol. The quantitative estimate of drug-likeness (QED) is 0.925. The lowest BCUT2D eigenvalue weighted by Crippen LogP contribution is -2.57. The fraction of sp³-hybridized carbons (Fsp3) is 0.444. The number of morpholine rings is 1. The second-order valence-corrected chi connectivity index (χ2v) is 6.66. The Labute approximate surface area is 141 Å². The second-order valence-electron chi connectivity index (χ2n) is 6.66. The van der Waals surface area contributed by atoms with Crippen LogP contribution in [0.15, 0.2) is 43.0 Å². The Morgan fingerprint density at radius 3 is 2.62 bits per heavy atom. The highest BCUT2D eigenvalue weighted by atomic mass is 16.5. The van der Waals surface area contributed by atoms with Crippen molar-refractivity contribution in [2.75, 3.05) is 26.2 Å². The number of nitrogens with zero attached hydrogens (tertiary/aromatic N) is 3. The van der Waals surface area contributed by atoms with Gasteiger partial charge in [0.1, 0.15) is 6.61 Å². The van der Waals surface area contributed by atoms with Crippen molar-refractivity contribution in [3.05, 3.63) is 48.5 Å². The summed E-state index contributed by atoms with van der Waals surface area (Å²) in [5.41, 5.74) is 2.29. The normalized spacial score (nSPS) is 20.9. The van der Waals surface area contributed by atoms with Gasteiger partial charge in [0.2, 0.25) is 5.91 Å². The molecule has 6 heteroatoms. The molecule has 0 radical (unpaired) electrons. The first-order valence-corrected chi connectivity index (χ1v) is 8.43. The number of ether oxygens (including phenoxy) is 1. The number of rotatable bonds is 3. The molecule has 2 aliphatic heterocycles. The molecule has 4 rings (SSSR count). The summed E-state index contributed by atoms with van der Waals surface area (Å²) in [6.07, 6.45) is 7.48. The van der Waals surface area contributed by atoms with Crippen LogP contribution in [0.5, 0.6) is 0 Å². The van der Waals surface area contributed by atoms with Crippen LogP contribution in [-0.2, 0) is 16.1 Å². The summed E-state index contributed by atoms with van der Waals surface area (Å²) in [4.78, 5) is 17.8. The van der Waals surface area contributed by atoms with Crippen molar-refractivity contribution in [3.63, 3.8) is 0 Å². The van der Waals surface area contributed by atoms with Crippen LogP contribution in [0.25, 0.3) is 5.69 Å². The maximum Gasteiger partial charge on any atom is 0.246 e. The molecule has 1 N–H and O–H groups in total. The van der Waals surface area contributed by atoms with Crippen LogP contribution >= 0.6 is 0 Å². The van der Waals surface area contributed by atoms with Crippen molar-refractivity contribution < 1.29 is 9.53 Å². The number of nitrogens with one attached hydrogen (secondary N) is 1. The summed E-state index contributed by atoms with van der Waals surface area (Å²) in [6.45, 7) is 3.81. The molecule has 1 spiro atoms. The van der Waals surface area contributed by atoms with E-state index < -0.39 is 0 Å². The predicted octanol–water partition coefficient (Wildman–Crippen LogP) is 1.35. The zero-order chi connectivity index (χ0) is 16.4. The Morgan fingerprint density at radius 2 is 2.00 bits per heavy atom. The number of aromatic nitrogens is 2. The van der Waals surface area contributed by atoms with E-state index in [2.05, 4.69) is 39.5 Å². The van der Waals surface area contributed by atoms with Gasteiger partial charge in [0, 0.05) is 44.3 Å². The SMILES string of the molecule is O=C1COC2(CCN(Cc3ccc(-n4ccnc4)cc3)CC2)CN1. The lowest BCUT2D eigenvalue weighted by Gasteiger charge is -2.43. The van der Waals surface area contributed by atoms with Gasteiger partial charge in [-0.15, -0.1) is 0 Å². The van der Waals surface area contributed by atoms with Crippen LogP contribution in [0.3, 0.4) is 0 Å². The zero-order valence-corrected chi connectivity index (χ0v) is 13.6. The van der Waals surface area contributed by atoms with Crippen molar-refractivity contribution in [1.82, 2.24) is 19.8 Å². The number of benzene rings is 1. The maximum absolute atomic E-state index is 11.3. The standard InChI is InChI=1S/C18H22N4O2/c23-17-12-24-18(13-20-17)5-8-21(9-6-18)11-15-1-3-16(4-2-15)22-10-7-19-14-22/h1-4,7,10,14H,5-6,8-9,11-13H2,(H,20,23). The summed E-state index contributed by atoms with van der Waals surface area (Å²) in [7, 11) is 0. The highest BCUT2D eigenvalue weighted by Gasteiger charge is 2.38. The molecule has 0 aliphatic carbocycles. The molecule has 1 amide bonds. The fourth-order valence-corrected chi connectivity index (χ4v) is 3.46. The first kappa shape index (κ1) is 15.4. The predicted molar refractivity (Wildman–Crippen MR) is 89.8 cm³/mol. The molecule has 0 bridgehead atoms. The monoisotopic (exact) mass is 326 g/mol. The minimum atomic E-state index is -0.143. The number of hydrogen-bond acceptors (Lipinski definition) is 4. The Bertz CT molecular complexity index is 676. The maximum atomic E-state index is 11.3. The van der Waals surface area contributed by atoms with Gasteiger partial charge in [-0.05, 0) is 30.5 Å². The Morgan fingerprint density at radius 1 is 1.21 bits per heavy atom. The van der Waals surface area contributed by atoms with Crippen molar-refractivity contribution in [3.8, 4) is 5.69 Å². The summed E-state index contributed by atoms with van der Waals surface area (Å²) < 4.78 is 7.83. The van der Waals surface area contributed by atoms with Crippen LogP contribution in [0, 0.1) is 0 Å². The summed E-state index contributed by atoms with van der Waals surface area (Å²) in [6, 6.07) is 8.61. The molecule has 2 fully saturated rings. The van der Waals surface area contributed by atoms with Gasteiger partial charge < -0.3 is 14.6 Å². The van der Waals surface area contributed by atoms with E-state index in [1.165, 1.54) is 5.56 Å². The van der Waals surface area contributed by atoms with E-state index in [1.807, 2.05) is 17.1 Å². The third-order valence-corrected chi connectivity index (χ3v) is 5.03. The Balaban J connectivity index is 1.33. The van der Waals surface area contributed by atoms with Crippen LogP contribution < -0.4 is 5.32 Å². The Hall–Kier alpha value is -2.18. The second kappa shape index (κ2) is 6.37. The zero-order valence-electron chi connectivity index (χ0n) is 13.6. The average Bonchev–Trinajstić information content (AvgIpc) is 3.15. The van der Waals surface area contributed by atoms with Crippen LogP contribution in [0.2, 0.25) is 0 Å². The Kier molecular flexibility index (Phi) is 4.08. The van der Waals surface area contributed by atoms with E-state index in [1.54, 1.807) is 6.20 Å². The van der Waals surface area contributed by atoms with Crippen molar-refractivity contribution >= 4 is 5.91 Å². The van der Waals surface area contributed by atoms with Gasteiger partial charge >= 0.3 is 0 Å². The molecule has 2 saturated heterocycles. The molecule has 3 heterocycles. The molecule has 126 valence electrons. The molecule has 0 atom stereocenters. The molecule has 6 nitrogen and oxygen atoms in total. The highest BCUT2D eigenvalue weighted by Crippen LogP contribution is 2.28. The van der Waals surface area contributed by atoms with Crippen molar-refractivity contribution in [2.24, 2.45) is 0 Å². The number of hydrogen-bond donors (Lipinski definition) is 1. The van der Waals surface area contributed by atoms with E-state index in [9.17, 15) is 4.79 Å². The minimum absolute atomic E-state index is 0.000960.